The van der Waals surface area contributed by atoms with E-state index in [1.54, 1.807) is 32.0 Å². The fraction of sp³-hybridized carbons (Fsp3) is 0.263. The molecule has 0 aliphatic carbocycles. The van der Waals surface area contributed by atoms with Crippen molar-refractivity contribution in [3.8, 4) is 11.5 Å². The number of nitrogens with one attached hydrogen (secondary N) is 2. The second-order valence-electron chi connectivity index (χ2n) is 5.97. The molecule has 6 nitrogen and oxygen atoms in total. The minimum atomic E-state index is -0.786. The van der Waals surface area contributed by atoms with Gasteiger partial charge in [0.05, 0.1) is 19.6 Å². The number of hydrogen-bond acceptors (Lipinski definition) is 4. The third-order valence-corrected chi connectivity index (χ3v) is 4.00. The summed E-state index contributed by atoms with van der Waals surface area (Å²) in [5.41, 5.74) is 5.32. The van der Waals surface area contributed by atoms with Gasteiger partial charge in [-0.25, -0.2) is 0 Å². The van der Waals surface area contributed by atoms with Crippen LogP contribution in [0.3, 0.4) is 0 Å². The molecule has 2 N–H and O–H groups in total. The van der Waals surface area contributed by atoms with Crippen molar-refractivity contribution in [2.75, 3.05) is 14.2 Å². The van der Waals surface area contributed by atoms with E-state index in [4.69, 9.17) is 9.47 Å². The van der Waals surface area contributed by atoms with Crippen LogP contribution < -0.4 is 20.3 Å². The van der Waals surface area contributed by atoms with Crippen molar-refractivity contribution >= 4 is 11.8 Å². The second kappa shape index (κ2) is 7.70. The molecule has 0 aliphatic heterocycles. The van der Waals surface area contributed by atoms with Crippen LogP contribution in [0.4, 0.5) is 0 Å². The highest BCUT2D eigenvalue weighted by atomic mass is 16.5. The van der Waals surface area contributed by atoms with Gasteiger partial charge in [0.25, 0.3) is 5.91 Å². The molecule has 0 atom stereocenters. The number of amides is 2. The molecule has 0 saturated carbocycles. The van der Waals surface area contributed by atoms with Crippen molar-refractivity contribution in [2.24, 2.45) is 0 Å². The molecule has 25 heavy (non-hydrogen) atoms. The molecule has 0 heterocycles. The standard InChI is InChI=1S/C19H22N2O4/c1-19(2,14-8-6-5-7-9-14)18(23)21-20-17(22)13-10-11-15(24-3)16(12-13)25-4/h5-12H,1-4H3,(H,20,22)(H,21,23). The van der Waals surface area contributed by atoms with Gasteiger partial charge in [-0.1, -0.05) is 30.3 Å². The summed E-state index contributed by atoms with van der Waals surface area (Å²) in [7, 11) is 3.01. The Labute approximate surface area is 147 Å². The average Bonchev–Trinajstić information content (AvgIpc) is 2.65. The summed E-state index contributed by atoms with van der Waals surface area (Å²) >= 11 is 0. The summed E-state index contributed by atoms with van der Waals surface area (Å²) < 4.78 is 10.3. The van der Waals surface area contributed by atoms with Crippen molar-refractivity contribution in [1.82, 2.24) is 10.9 Å². The van der Waals surface area contributed by atoms with Gasteiger partial charge in [0.2, 0.25) is 5.91 Å². The molecule has 2 aromatic carbocycles. The Morgan fingerprint density at radius 3 is 2.12 bits per heavy atom. The van der Waals surface area contributed by atoms with Gasteiger partial charge < -0.3 is 9.47 Å². The summed E-state index contributed by atoms with van der Waals surface area (Å²) in [6, 6.07) is 14.1. The van der Waals surface area contributed by atoms with Gasteiger partial charge in [0.15, 0.2) is 11.5 Å². The molecule has 2 aromatic rings. The summed E-state index contributed by atoms with van der Waals surface area (Å²) in [4.78, 5) is 24.7. The Kier molecular flexibility index (Phi) is 5.64. The summed E-state index contributed by atoms with van der Waals surface area (Å²) in [5, 5.41) is 0. The number of carbonyl (C=O) groups is 2. The van der Waals surface area contributed by atoms with E-state index in [2.05, 4.69) is 10.9 Å². The lowest BCUT2D eigenvalue weighted by Gasteiger charge is -2.24. The van der Waals surface area contributed by atoms with E-state index in [1.165, 1.54) is 14.2 Å². The van der Waals surface area contributed by atoms with Crippen LogP contribution in [0.25, 0.3) is 0 Å². The Balaban J connectivity index is 2.05. The van der Waals surface area contributed by atoms with Crippen LogP contribution in [-0.2, 0) is 10.2 Å². The maximum atomic E-state index is 12.5. The lowest BCUT2D eigenvalue weighted by atomic mass is 9.84. The van der Waals surface area contributed by atoms with Gasteiger partial charge in [0, 0.05) is 5.56 Å². The quantitative estimate of drug-likeness (QED) is 0.818. The first kappa shape index (κ1) is 18.3. The number of ether oxygens (including phenoxy) is 2. The molecule has 0 bridgehead atoms. The zero-order valence-electron chi connectivity index (χ0n) is 14.8. The van der Waals surface area contributed by atoms with Gasteiger partial charge in [-0.3, -0.25) is 20.4 Å². The Morgan fingerprint density at radius 1 is 0.880 bits per heavy atom. The van der Waals surface area contributed by atoms with Crippen molar-refractivity contribution in [3.63, 3.8) is 0 Å². The van der Waals surface area contributed by atoms with Crippen molar-refractivity contribution in [3.05, 3.63) is 59.7 Å². The van der Waals surface area contributed by atoms with Crippen molar-refractivity contribution in [1.29, 1.82) is 0 Å². The molecule has 6 heteroatoms. The van der Waals surface area contributed by atoms with Gasteiger partial charge in [-0.15, -0.1) is 0 Å². The monoisotopic (exact) mass is 342 g/mol. The third kappa shape index (κ3) is 4.09. The van der Waals surface area contributed by atoms with Crippen molar-refractivity contribution < 1.29 is 19.1 Å². The molecule has 0 radical (unpaired) electrons. The lowest BCUT2D eigenvalue weighted by Crippen LogP contribution is -2.49. The highest BCUT2D eigenvalue weighted by Crippen LogP contribution is 2.27. The number of methoxy groups -OCH3 is 2. The smallest absolute Gasteiger partial charge is 0.269 e. The molecule has 132 valence electrons. The van der Waals surface area contributed by atoms with Crippen LogP contribution in [0.1, 0.15) is 29.8 Å². The van der Waals surface area contributed by atoms with Crippen LogP contribution >= 0.6 is 0 Å². The predicted octanol–water partition coefficient (Wildman–Crippen LogP) is 2.44. The summed E-state index contributed by atoms with van der Waals surface area (Å²) in [5.74, 6) is 0.199. The van der Waals surface area contributed by atoms with Crippen LogP contribution in [0.2, 0.25) is 0 Å². The number of hydrazine groups is 1. The SMILES string of the molecule is COc1ccc(C(=O)NNC(=O)C(C)(C)c2ccccc2)cc1OC. The topological polar surface area (TPSA) is 76.7 Å². The fourth-order valence-corrected chi connectivity index (χ4v) is 2.31. The van der Waals surface area contributed by atoms with E-state index in [1.807, 2.05) is 30.3 Å². The normalized spacial score (nSPS) is 10.7. The van der Waals surface area contributed by atoms with Gasteiger partial charge in [-0.05, 0) is 37.6 Å². The summed E-state index contributed by atoms with van der Waals surface area (Å²) in [6.07, 6.45) is 0. The molecule has 0 saturated heterocycles. The third-order valence-electron chi connectivity index (χ3n) is 4.00. The summed E-state index contributed by atoms with van der Waals surface area (Å²) in [6.45, 7) is 3.58. The molecule has 2 rings (SSSR count). The minimum absolute atomic E-state index is 0.312. The fourth-order valence-electron chi connectivity index (χ4n) is 2.31. The maximum absolute atomic E-state index is 12.5. The van der Waals surface area contributed by atoms with Gasteiger partial charge in [-0.2, -0.15) is 0 Å². The van der Waals surface area contributed by atoms with Crippen LogP contribution in [0.5, 0.6) is 11.5 Å². The molecular formula is C19H22N2O4. The first-order valence-electron chi connectivity index (χ1n) is 7.78. The van der Waals surface area contributed by atoms with Gasteiger partial charge >= 0.3 is 0 Å². The average molecular weight is 342 g/mol. The molecule has 0 fully saturated rings. The molecule has 2 amide bonds. The van der Waals surface area contributed by atoms with Crippen LogP contribution in [0, 0.1) is 0 Å². The Hall–Kier alpha value is -3.02. The number of benzene rings is 2. The van der Waals surface area contributed by atoms with Gasteiger partial charge in [0.1, 0.15) is 0 Å². The van der Waals surface area contributed by atoms with E-state index >= 15 is 0 Å². The van der Waals surface area contributed by atoms with E-state index in [0.717, 1.165) is 5.56 Å². The first-order valence-corrected chi connectivity index (χ1v) is 7.78. The largest absolute Gasteiger partial charge is 0.493 e. The molecule has 0 spiro atoms. The Morgan fingerprint density at radius 2 is 1.52 bits per heavy atom. The molecule has 0 unspecified atom stereocenters. The highest BCUT2D eigenvalue weighted by molar-refractivity contribution is 5.97. The molecular weight excluding hydrogens is 320 g/mol. The zero-order valence-corrected chi connectivity index (χ0v) is 14.8. The van der Waals surface area contributed by atoms with Crippen LogP contribution in [-0.4, -0.2) is 26.0 Å². The minimum Gasteiger partial charge on any atom is -0.493 e. The number of rotatable bonds is 5. The highest BCUT2D eigenvalue weighted by Gasteiger charge is 2.29. The first-order chi connectivity index (χ1) is 11.9. The van der Waals surface area contributed by atoms with Crippen LogP contribution in [0.15, 0.2) is 48.5 Å². The Bertz CT molecular complexity index is 757. The maximum Gasteiger partial charge on any atom is 0.269 e. The zero-order chi connectivity index (χ0) is 18.4. The molecule has 0 aromatic heterocycles. The van der Waals surface area contributed by atoms with E-state index in [9.17, 15) is 9.59 Å². The second-order valence-corrected chi connectivity index (χ2v) is 5.97. The van der Waals surface area contributed by atoms with Crippen molar-refractivity contribution in [2.45, 2.75) is 19.3 Å². The van der Waals surface area contributed by atoms with E-state index in [-0.39, 0.29) is 5.91 Å². The number of carbonyl (C=O) groups excluding carboxylic acids is 2. The van der Waals surface area contributed by atoms with E-state index in [0.29, 0.717) is 17.1 Å². The predicted molar refractivity (Wildman–Crippen MR) is 94.6 cm³/mol. The number of hydrogen-bond donors (Lipinski definition) is 2. The molecule has 0 aliphatic rings. The van der Waals surface area contributed by atoms with E-state index < -0.39 is 11.3 Å². The lowest BCUT2D eigenvalue weighted by molar-refractivity contribution is -0.126.